The number of aryl methyl sites for hydroxylation is 1. The van der Waals surface area contributed by atoms with E-state index in [9.17, 15) is 4.79 Å². The molecular weight excluding hydrogens is 248 g/mol. The van der Waals surface area contributed by atoms with E-state index in [1.807, 2.05) is 11.0 Å². The Morgan fingerprint density at radius 2 is 2.50 bits per heavy atom. The molecule has 0 radical (unpaired) electrons. The van der Waals surface area contributed by atoms with Crippen LogP contribution in [0, 0.1) is 6.92 Å². The van der Waals surface area contributed by atoms with Crippen LogP contribution in [0.25, 0.3) is 0 Å². The normalized spacial score (nSPS) is 19.4. The van der Waals surface area contributed by atoms with Crippen molar-refractivity contribution in [3.05, 3.63) is 39.9 Å². The van der Waals surface area contributed by atoms with Crippen LogP contribution < -0.4 is 0 Å². The highest BCUT2D eigenvalue weighted by Crippen LogP contribution is 2.35. The molecule has 0 aliphatic carbocycles. The van der Waals surface area contributed by atoms with Gasteiger partial charge < -0.3 is 9.42 Å². The summed E-state index contributed by atoms with van der Waals surface area (Å²) in [4.78, 5) is 15.5. The SMILES string of the molecule is Cc1cc(C(=O)N2CCC[C@@H]2c2cccs2)no1. The van der Waals surface area contributed by atoms with E-state index in [0.29, 0.717) is 11.5 Å². The van der Waals surface area contributed by atoms with Crippen LogP contribution >= 0.6 is 11.3 Å². The van der Waals surface area contributed by atoms with Crippen molar-refractivity contribution < 1.29 is 9.32 Å². The van der Waals surface area contributed by atoms with Crippen molar-refractivity contribution in [1.82, 2.24) is 10.1 Å². The number of carbonyl (C=O) groups excluding carboxylic acids is 1. The highest BCUT2D eigenvalue weighted by atomic mass is 32.1. The molecule has 0 bridgehead atoms. The number of aromatic nitrogens is 1. The molecule has 1 fully saturated rings. The minimum absolute atomic E-state index is 0.0252. The molecule has 0 unspecified atom stereocenters. The molecule has 5 heteroatoms. The maximum absolute atomic E-state index is 12.4. The molecule has 1 aliphatic rings. The van der Waals surface area contributed by atoms with Gasteiger partial charge in [0.25, 0.3) is 5.91 Å². The zero-order chi connectivity index (χ0) is 12.5. The van der Waals surface area contributed by atoms with E-state index in [4.69, 9.17) is 4.52 Å². The monoisotopic (exact) mass is 262 g/mol. The zero-order valence-corrected chi connectivity index (χ0v) is 10.9. The molecule has 1 aliphatic heterocycles. The van der Waals surface area contributed by atoms with Crippen molar-refractivity contribution in [2.24, 2.45) is 0 Å². The molecule has 1 saturated heterocycles. The summed E-state index contributed by atoms with van der Waals surface area (Å²) in [6.07, 6.45) is 2.08. The standard InChI is InChI=1S/C13H14N2O2S/c1-9-8-10(14-17-9)13(16)15-6-2-4-11(15)12-5-3-7-18-12/h3,5,7-8,11H,2,4,6H2,1H3/t11-/m1/s1. The molecule has 2 aromatic rings. The van der Waals surface area contributed by atoms with Crippen LogP contribution in [-0.4, -0.2) is 22.5 Å². The van der Waals surface area contributed by atoms with Crippen molar-refractivity contribution in [3.63, 3.8) is 0 Å². The number of amides is 1. The molecule has 0 spiro atoms. The third-order valence-corrected chi connectivity index (χ3v) is 4.21. The van der Waals surface area contributed by atoms with E-state index in [0.717, 1.165) is 19.4 Å². The van der Waals surface area contributed by atoms with E-state index in [2.05, 4.69) is 16.6 Å². The van der Waals surface area contributed by atoms with Crippen molar-refractivity contribution in [1.29, 1.82) is 0 Å². The molecular formula is C13H14N2O2S. The molecule has 4 nitrogen and oxygen atoms in total. The van der Waals surface area contributed by atoms with Gasteiger partial charge in [-0.2, -0.15) is 0 Å². The fourth-order valence-corrected chi connectivity index (χ4v) is 3.27. The molecule has 1 amide bonds. The molecule has 0 aromatic carbocycles. The molecule has 3 rings (SSSR count). The second-order valence-electron chi connectivity index (χ2n) is 4.49. The lowest BCUT2D eigenvalue weighted by Crippen LogP contribution is -2.30. The number of rotatable bonds is 2. The molecule has 18 heavy (non-hydrogen) atoms. The average molecular weight is 262 g/mol. The predicted molar refractivity (Wildman–Crippen MR) is 68.6 cm³/mol. The van der Waals surface area contributed by atoms with Crippen molar-refractivity contribution in [2.45, 2.75) is 25.8 Å². The number of hydrogen-bond acceptors (Lipinski definition) is 4. The quantitative estimate of drug-likeness (QED) is 0.835. The number of nitrogens with zero attached hydrogens (tertiary/aromatic N) is 2. The average Bonchev–Trinajstić information content (AvgIpc) is 3.08. The van der Waals surface area contributed by atoms with Crippen LogP contribution in [0.15, 0.2) is 28.1 Å². The largest absolute Gasteiger partial charge is 0.361 e. The molecule has 0 saturated carbocycles. The lowest BCUT2D eigenvalue weighted by Gasteiger charge is -2.22. The summed E-state index contributed by atoms with van der Waals surface area (Å²) >= 11 is 1.70. The summed E-state index contributed by atoms with van der Waals surface area (Å²) in [6, 6.07) is 6.03. The van der Waals surface area contributed by atoms with Gasteiger partial charge in [-0.25, -0.2) is 0 Å². The van der Waals surface area contributed by atoms with Gasteiger partial charge in [-0.3, -0.25) is 4.79 Å². The van der Waals surface area contributed by atoms with Crippen molar-refractivity contribution in [3.8, 4) is 0 Å². The van der Waals surface area contributed by atoms with E-state index in [-0.39, 0.29) is 11.9 Å². The second-order valence-corrected chi connectivity index (χ2v) is 5.47. The van der Waals surface area contributed by atoms with E-state index in [1.54, 1.807) is 24.3 Å². The topological polar surface area (TPSA) is 46.3 Å². The molecule has 94 valence electrons. The van der Waals surface area contributed by atoms with Crippen LogP contribution in [0.1, 0.15) is 40.0 Å². The van der Waals surface area contributed by atoms with Crippen LogP contribution in [0.4, 0.5) is 0 Å². The Morgan fingerprint density at radius 1 is 1.61 bits per heavy atom. The second kappa shape index (κ2) is 4.57. The van der Waals surface area contributed by atoms with Crippen molar-refractivity contribution >= 4 is 17.2 Å². The summed E-state index contributed by atoms with van der Waals surface area (Å²) in [7, 11) is 0. The summed E-state index contributed by atoms with van der Waals surface area (Å²) in [5.41, 5.74) is 0.413. The Bertz CT molecular complexity index is 547. The van der Waals surface area contributed by atoms with Crippen molar-refractivity contribution in [2.75, 3.05) is 6.54 Å². The van der Waals surface area contributed by atoms with Gasteiger partial charge in [0.1, 0.15) is 5.76 Å². The van der Waals surface area contributed by atoms with Gasteiger partial charge in [0, 0.05) is 17.5 Å². The zero-order valence-electron chi connectivity index (χ0n) is 10.1. The lowest BCUT2D eigenvalue weighted by molar-refractivity contribution is 0.0727. The van der Waals surface area contributed by atoms with E-state index < -0.39 is 0 Å². The van der Waals surface area contributed by atoms with Crippen LogP contribution in [0.2, 0.25) is 0 Å². The minimum atomic E-state index is -0.0252. The van der Waals surface area contributed by atoms with Crippen LogP contribution in [0.3, 0.4) is 0 Å². The maximum atomic E-state index is 12.4. The van der Waals surface area contributed by atoms with E-state index in [1.165, 1.54) is 4.88 Å². The predicted octanol–water partition coefficient (Wildman–Crippen LogP) is 3.02. The van der Waals surface area contributed by atoms with Gasteiger partial charge in [-0.15, -0.1) is 11.3 Å². The molecule has 3 heterocycles. The fraction of sp³-hybridized carbons (Fsp3) is 0.385. The highest BCUT2D eigenvalue weighted by molar-refractivity contribution is 7.10. The Balaban J connectivity index is 1.85. The van der Waals surface area contributed by atoms with Crippen LogP contribution in [-0.2, 0) is 0 Å². The van der Waals surface area contributed by atoms with Gasteiger partial charge in [0.15, 0.2) is 5.69 Å². The smallest absolute Gasteiger partial charge is 0.276 e. The lowest BCUT2D eigenvalue weighted by atomic mass is 10.2. The number of hydrogen-bond donors (Lipinski definition) is 0. The Hall–Kier alpha value is -1.62. The summed E-state index contributed by atoms with van der Waals surface area (Å²) < 4.78 is 4.98. The summed E-state index contributed by atoms with van der Waals surface area (Å²) in [5.74, 6) is 0.646. The molecule has 2 aromatic heterocycles. The van der Waals surface area contributed by atoms with Gasteiger partial charge in [0.05, 0.1) is 6.04 Å². The number of carbonyl (C=O) groups is 1. The Kier molecular flexibility index (Phi) is 2.91. The third-order valence-electron chi connectivity index (χ3n) is 3.23. The van der Waals surface area contributed by atoms with Gasteiger partial charge >= 0.3 is 0 Å². The highest BCUT2D eigenvalue weighted by Gasteiger charge is 2.32. The number of likely N-dealkylation sites (tertiary alicyclic amines) is 1. The van der Waals surface area contributed by atoms with Gasteiger partial charge in [-0.05, 0) is 31.2 Å². The Morgan fingerprint density at radius 3 is 3.17 bits per heavy atom. The fourth-order valence-electron chi connectivity index (χ4n) is 2.40. The first-order valence-corrected chi connectivity index (χ1v) is 6.91. The first-order valence-electron chi connectivity index (χ1n) is 6.03. The maximum Gasteiger partial charge on any atom is 0.276 e. The summed E-state index contributed by atoms with van der Waals surface area (Å²) in [5, 5.41) is 5.87. The van der Waals surface area contributed by atoms with Crippen LogP contribution in [0.5, 0.6) is 0 Å². The Labute approximate surface area is 109 Å². The number of thiophene rings is 1. The van der Waals surface area contributed by atoms with Gasteiger partial charge in [-0.1, -0.05) is 11.2 Å². The van der Waals surface area contributed by atoms with E-state index >= 15 is 0 Å². The van der Waals surface area contributed by atoms with Gasteiger partial charge in [0.2, 0.25) is 0 Å². The summed E-state index contributed by atoms with van der Waals surface area (Å²) in [6.45, 7) is 2.60. The molecule has 1 atom stereocenters. The molecule has 0 N–H and O–H groups in total. The first kappa shape index (κ1) is 11.5. The minimum Gasteiger partial charge on any atom is -0.361 e. The third kappa shape index (κ3) is 1.95. The first-order chi connectivity index (χ1) is 8.75.